The molecule has 2 amide bonds. The molecule has 5 nitrogen and oxygen atoms in total. The van der Waals surface area contributed by atoms with Gasteiger partial charge in [0, 0.05) is 6.04 Å². The third kappa shape index (κ3) is 3.34. The van der Waals surface area contributed by atoms with E-state index in [1.807, 2.05) is 0 Å². The first-order valence-electron chi connectivity index (χ1n) is 6.16. The van der Waals surface area contributed by atoms with Gasteiger partial charge >= 0.3 is 0 Å². The summed E-state index contributed by atoms with van der Waals surface area (Å²) in [7, 11) is 1.47. The summed E-state index contributed by atoms with van der Waals surface area (Å²) in [6, 6.07) is 4.73. The lowest BCUT2D eigenvalue weighted by Gasteiger charge is -2.12. The maximum Gasteiger partial charge on any atom is 0.283 e. The predicted molar refractivity (Wildman–Crippen MR) is 72.4 cm³/mol. The number of hydrogen-bond acceptors (Lipinski definition) is 3. The number of hydrogen-bond donors (Lipinski definition) is 2. The molecule has 0 aromatic heterocycles. The van der Waals surface area contributed by atoms with Crippen LogP contribution >= 0.6 is 0 Å². The van der Waals surface area contributed by atoms with E-state index in [-0.39, 0.29) is 23.2 Å². The maximum atomic E-state index is 12.7. The van der Waals surface area contributed by atoms with Crippen molar-refractivity contribution in [2.24, 2.45) is 0 Å². The van der Waals surface area contributed by atoms with Crippen molar-refractivity contribution in [3.63, 3.8) is 0 Å². The highest BCUT2D eigenvalue weighted by Crippen LogP contribution is 2.25. The molecule has 1 saturated carbocycles. The summed E-state index contributed by atoms with van der Waals surface area (Å²) < 4.78 is 17.8. The number of benzene rings is 1. The standard InChI is InChI=1S/C14H15FN2O3/c1-8(15)13(18)17-12-6-5-10(20-2)7-11(12)14(19)16-9-3-4-9/h5-7,9H,1,3-4H2,2H3,(H,16,19)(H,17,18). The van der Waals surface area contributed by atoms with E-state index >= 15 is 0 Å². The van der Waals surface area contributed by atoms with Crippen LogP contribution in [0.1, 0.15) is 23.2 Å². The van der Waals surface area contributed by atoms with Crippen molar-refractivity contribution in [1.29, 1.82) is 0 Å². The van der Waals surface area contributed by atoms with Crippen LogP contribution < -0.4 is 15.4 Å². The third-order valence-electron chi connectivity index (χ3n) is 2.88. The average Bonchev–Trinajstić information content (AvgIpc) is 3.22. The van der Waals surface area contributed by atoms with Crippen molar-refractivity contribution < 1.29 is 18.7 Å². The quantitative estimate of drug-likeness (QED) is 0.810. The molecule has 6 heteroatoms. The Morgan fingerprint density at radius 2 is 2.10 bits per heavy atom. The first-order chi connectivity index (χ1) is 9.51. The maximum absolute atomic E-state index is 12.7. The van der Waals surface area contributed by atoms with Gasteiger partial charge in [-0.05, 0) is 31.0 Å². The molecule has 0 spiro atoms. The molecule has 2 N–H and O–H groups in total. The van der Waals surface area contributed by atoms with Gasteiger partial charge in [0.1, 0.15) is 5.75 Å². The van der Waals surface area contributed by atoms with Gasteiger partial charge in [0.25, 0.3) is 11.8 Å². The highest BCUT2D eigenvalue weighted by Gasteiger charge is 2.25. The van der Waals surface area contributed by atoms with Crippen molar-refractivity contribution in [1.82, 2.24) is 5.32 Å². The Balaban J connectivity index is 2.26. The molecular formula is C14H15FN2O3. The fourth-order valence-electron chi connectivity index (χ4n) is 1.63. The first-order valence-corrected chi connectivity index (χ1v) is 6.16. The van der Waals surface area contributed by atoms with E-state index in [1.54, 1.807) is 6.07 Å². The van der Waals surface area contributed by atoms with Crippen LogP contribution in [0.25, 0.3) is 0 Å². The van der Waals surface area contributed by atoms with Crippen LogP contribution in [0.2, 0.25) is 0 Å². The van der Waals surface area contributed by atoms with Crippen LogP contribution in [0.4, 0.5) is 10.1 Å². The summed E-state index contributed by atoms with van der Waals surface area (Å²) in [4.78, 5) is 23.4. The van der Waals surface area contributed by atoms with Crippen LogP contribution in [0.15, 0.2) is 30.6 Å². The molecule has 0 saturated heterocycles. The Kier molecular flexibility index (Phi) is 4.02. The van der Waals surface area contributed by atoms with E-state index in [4.69, 9.17) is 4.74 Å². The van der Waals surface area contributed by atoms with Crippen molar-refractivity contribution in [3.8, 4) is 5.75 Å². The molecule has 0 bridgehead atoms. The van der Waals surface area contributed by atoms with Crippen LogP contribution in [-0.4, -0.2) is 25.0 Å². The molecule has 0 aliphatic heterocycles. The SMILES string of the molecule is C=C(F)C(=O)Nc1ccc(OC)cc1C(=O)NC1CC1. The van der Waals surface area contributed by atoms with E-state index in [9.17, 15) is 14.0 Å². The average molecular weight is 278 g/mol. The number of carbonyl (C=O) groups excluding carboxylic acids is 2. The van der Waals surface area contributed by atoms with Crippen LogP contribution in [0.3, 0.4) is 0 Å². The van der Waals surface area contributed by atoms with Crippen LogP contribution in [0.5, 0.6) is 5.75 Å². The second-order valence-corrected chi connectivity index (χ2v) is 4.52. The highest BCUT2D eigenvalue weighted by atomic mass is 19.1. The second-order valence-electron chi connectivity index (χ2n) is 4.52. The normalized spacial score (nSPS) is 13.5. The monoisotopic (exact) mass is 278 g/mol. The van der Waals surface area contributed by atoms with Crippen LogP contribution in [0, 0.1) is 0 Å². The lowest BCUT2D eigenvalue weighted by molar-refractivity contribution is -0.114. The van der Waals surface area contributed by atoms with Crippen molar-refractivity contribution in [2.75, 3.05) is 12.4 Å². The van der Waals surface area contributed by atoms with Gasteiger partial charge in [-0.2, -0.15) is 0 Å². The van der Waals surface area contributed by atoms with Gasteiger partial charge in [-0.25, -0.2) is 4.39 Å². The van der Waals surface area contributed by atoms with E-state index in [0.29, 0.717) is 5.75 Å². The van der Waals surface area contributed by atoms with Gasteiger partial charge in [-0.1, -0.05) is 6.58 Å². The second kappa shape index (κ2) is 5.73. The first kappa shape index (κ1) is 14.0. The summed E-state index contributed by atoms with van der Waals surface area (Å²) in [5.74, 6) is -1.95. The molecule has 1 aromatic rings. The molecule has 1 aliphatic rings. The zero-order chi connectivity index (χ0) is 14.7. The highest BCUT2D eigenvalue weighted by molar-refractivity contribution is 6.07. The molecule has 0 unspecified atom stereocenters. The Morgan fingerprint density at radius 1 is 1.40 bits per heavy atom. The zero-order valence-electron chi connectivity index (χ0n) is 11.0. The summed E-state index contributed by atoms with van der Waals surface area (Å²) in [5, 5.41) is 5.11. The van der Waals surface area contributed by atoms with E-state index in [1.165, 1.54) is 19.2 Å². The number of nitrogens with one attached hydrogen (secondary N) is 2. The van der Waals surface area contributed by atoms with E-state index < -0.39 is 11.7 Å². The van der Waals surface area contributed by atoms with Gasteiger partial charge in [0.15, 0.2) is 5.83 Å². The Hall–Kier alpha value is -2.37. The number of rotatable bonds is 5. The fourth-order valence-corrected chi connectivity index (χ4v) is 1.63. The Labute approximate surface area is 115 Å². The number of methoxy groups -OCH3 is 1. The molecule has 106 valence electrons. The van der Waals surface area contributed by atoms with Gasteiger partial charge in [0.2, 0.25) is 0 Å². The summed E-state index contributed by atoms with van der Waals surface area (Å²) >= 11 is 0. The topological polar surface area (TPSA) is 67.4 Å². The molecular weight excluding hydrogens is 263 g/mol. The Morgan fingerprint density at radius 3 is 2.65 bits per heavy atom. The molecule has 0 radical (unpaired) electrons. The molecule has 1 aliphatic carbocycles. The molecule has 20 heavy (non-hydrogen) atoms. The summed E-state index contributed by atoms with van der Waals surface area (Å²) in [6.07, 6.45) is 1.89. The van der Waals surface area contributed by atoms with Crippen LogP contribution in [-0.2, 0) is 4.79 Å². The van der Waals surface area contributed by atoms with E-state index in [2.05, 4.69) is 17.2 Å². The number of ether oxygens (including phenoxy) is 1. The minimum atomic E-state index is -1.12. The molecule has 2 rings (SSSR count). The number of carbonyl (C=O) groups is 2. The summed E-state index contributed by atoms with van der Waals surface area (Å²) in [6.45, 7) is 2.91. The fraction of sp³-hybridized carbons (Fsp3) is 0.286. The number of halogens is 1. The minimum absolute atomic E-state index is 0.174. The summed E-state index contributed by atoms with van der Waals surface area (Å²) in [5.41, 5.74) is 0.443. The predicted octanol–water partition coefficient (Wildman–Crippen LogP) is 2.01. The Bertz CT molecular complexity index is 568. The van der Waals surface area contributed by atoms with Gasteiger partial charge in [-0.15, -0.1) is 0 Å². The van der Waals surface area contributed by atoms with Gasteiger partial charge in [0.05, 0.1) is 18.4 Å². The number of anilines is 1. The largest absolute Gasteiger partial charge is 0.497 e. The van der Waals surface area contributed by atoms with Crippen molar-refractivity contribution in [2.45, 2.75) is 18.9 Å². The van der Waals surface area contributed by atoms with E-state index in [0.717, 1.165) is 12.8 Å². The smallest absolute Gasteiger partial charge is 0.283 e. The molecule has 1 fully saturated rings. The van der Waals surface area contributed by atoms with Gasteiger partial charge < -0.3 is 15.4 Å². The third-order valence-corrected chi connectivity index (χ3v) is 2.88. The lowest BCUT2D eigenvalue weighted by atomic mass is 10.1. The zero-order valence-corrected chi connectivity index (χ0v) is 11.0. The number of amides is 2. The molecule has 0 atom stereocenters. The van der Waals surface area contributed by atoms with Crippen molar-refractivity contribution >= 4 is 17.5 Å². The molecule has 1 aromatic carbocycles. The minimum Gasteiger partial charge on any atom is -0.497 e. The van der Waals surface area contributed by atoms with Gasteiger partial charge in [-0.3, -0.25) is 9.59 Å². The van der Waals surface area contributed by atoms with Crippen molar-refractivity contribution in [3.05, 3.63) is 36.2 Å². The lowest BCUT2D eigenvalue weighted by Crippen LogP contribution is -2.27. The molecule has 0 heterocycles.